The van der Waals surface area contributed by atoms with Crippen LogP contribution in [0.1, 0.15) is 36.6 Å². The van der Waals surface area contributed by atoms with Crippen LogP contribution in [0.15, 0.2) is 45.4 Å². The SMILES string of the molecule is Cn1nc(-c2ccc(S(=O)(=O)N[C@H]3CCCN(CC(=O)N4CC5C[C@H](C4)Cn4c5cccc4=O)C3=O)s2)cc1C(F)(F)F. The second-order valence-electron chi connectivity index (χ2n) is 11.2. The minimum Gasteiger partial charge on any atom is -0.340 e. The topological polar surface area (TPSA) is 127 Å². The minimum absolute atomic E-state index is 0.0166. The van der Waals surface area contributed by atoms with Crippen molar-refractivity contribution in [3.8, 4) is 10.6 Å². The first-order valence-corrected chi connectivity index (χ1v) is 16.1. The number of carbonyl (C=O) groups is 2. The maximum atomic E-state index is 13.3. The van der Waals surface area contributed by atoms with E-state index in [9.17, 15) is 36.0 Å². The van der Waals surface area contributed by atoms with E-state index >= 15 is 0 Å². The monoisotopic (exact) mass is 638 g/mol. The standard InChI is InChI=1S/C27H29F3N6O5S2/c1-33-22(27(28,29)30)11-19(31-33)21-7-8-25(42-21)43(40,41)32-18-4-3-9-34(26(18)39)15-24(38)35-12-16-10-17(14-35)20-5-2-6-23(37)36(20)13-16/h2,5-8,11,16-18,32H,3-4,9-10,12-15H2,1H3/t16-,17?,18+/m1/s1. The predicted octanol–water partition coefficient (Wildman–Crippen LogP) is 2.24. The van der Waals surface area contributed by atoms with Crippen molar-refractivity contribution in [2.24, 2.45) is 13.0 Å². The first-order chi connectivity index (χ1) is 20.3. The quantitative estimate of drug-likeness (QED) is 0.442. The number of nitrogens with one attached hydrogen (secondary N) is 1. The number of hydrogen-bond donors (Lipinski definition) is 1. The highest BCUT2D eigenvalue weighted by atomic mass is 32.2. The van der Waals surface area contributed by atoms with Crippen molar-refractivity contribution < 1.29 is 31.2 Å². The number of fused-ring (bicyclic) bond motifs is 4. The van der Waals surface area contributed by atoms with Crippen LogP contribution in [0.2, 0.25) is 0 Å². The van der Waals surface area contributed by atoms with Crippen LogP contribution in [0.4, 0.5) is 13.2 Å². The van der Waals surface area contributed by atoms with Crippen molar-refractivity contribution in [2.75, 3.05) is 26.2 Å². The molecule has 1 unspecified atom stereocenters. The van der Waals surface area contributed by atoms with Crippen LogP contribution >= 0.6 is 11.3 Å². The molecule has 0 saturated carbocycles. The third-order valence-corrected chi connectivity index (χ3v) is 11.3. The molecule has 3 aromatic heterocycles. The third-order valence-electron chi connectivity index (χ3n) is 8.26. The Labute approximate surface area is 248 Å². The van der Waals surface area contributed by atoms with Gasteiger partial charge in [0.1, 0.15) is 21.6 Å². The summed E-state index contributed by atoms with van der Waals surface area (Å²) in [4.78, 5) is 42.2. The van der Waals surface area contributed by atoms with E-state index in [0.29, 0.717) is 37.3 Å². The summed E-state index contributed by atoms with van der Waals surface area (Å²) in [7, 11) is -3.03. The van der Waals surface area contributed by atoms with Gasteiger partial charge in [-0.3, -0.25) is 19.1 Å². The molecular formula is C27H29F3N6O5S2. The average Bonchev–Trinajstić information content (AvgIpc) is 3.59. The molecule has 3 atom stereocenters. The van der Waals surface area contributed by atoms with Gasteiger partial charge in [0.15, 0.2) is 0 Å². The van der Waals surface area contributed by atoms with Crippen LogP contribution in [0.25, 0.3) is 10.6 Å². The predicted molar refractivity (Wildman–Crippen MR) is 150 cm³/mol. The number of sulfonamides is 1. The number of thiophene rings is 1. The van der Waals surface area contributed by atoms with E-state index < -0.39 is 33.8 Å². The number of aryl methyl sites for hydroxylation is 1. The zero-order chi connectivity index (χ0) is 30.7. The Kier molecular flexibility index (Phi) is 7.49. The molecule has 0 spiro atoms. The van der Waals surface area contributed by atoms with E-state index in [1.165, 1.54) is 23.1 Å². The van der Waals surface area contributed by atoms with Gasteiger partial charge in [-0.15, -0.1) is 11.3 Å². The number of aromatic nitrogens is 3. The number of rotatable bonds is 6. The van der Waals surface area contributed by atoms with Gasteiger partial charge in [0.2, 0.25) is 11.8 Å². The van der Waals surface area contributed by atoms with Gasteiger partial charge in [0.25, 0.3) is 15.6 Å². The summed E-state index contributed by atoms with van der Waals surface area (Å²) in [6.07, 6.45) is -3.00. The lowest BCUT2D eigenvalue weighted by atomic mass is 9.83. The van der Waals surface area contributed by atoms with Crippen molar-refractivity contribution >= 4 is 33.2 Å². The second-order valence-corrected chi connectivity index (χ2v) is 14.3. The van der Waals surface area contributed by atoms with Crippen molar-refractivity contribution in [1.82, 2.24) is 28.9 Å². The van der Waals surface area contributed by atoms with Crippen LogP contribution in [-0.2, 0) is 39.4 Å². The van der Waals surface area contributed by atoms with Gasteiger partial charge in [-0.25, -0.2) is 8.42 Å². The summed E-state index contributed by atoms with van der Waals surface area (Å²) in [5.41, 5.74) is -0.123. The van der Waals surface area contributed by atoms with Gasteiger partial charge >= 0.3 is 6.18 Å². The number of pyridine rings is 1. The molecule has 2 fully saturated rings. The number of likely N-dealkylation sites (tertiary alicyclic amines) is 2. The van der Waals surface area contributed by atoms with E-state index in [4.69, 9.17) is 0 Å². The van der Waals surface area contributed by atoms with Crippen LogP contribution in [0, 0.1) is 5.92 Å². The number of halogens is 3. The molecule has 3 aromatic rings. The molecule has 16 heteroatoms. The third kappa shape index (κ3) is 5.74. The molecule has 3 aliphatic rings. The fraction of sp³-hybridized carbons (Fsp3) is 0.481. The maximum Gasteiger partial charge on any atom is 0.433 e. The average molecular weight is 639 g/mol. The molecule has 1 N–H and O–H groups in total. The van der Waals surface area contributed by atoms with E-state index in [2.05, 4.69) is 9.82 Å². The molecule has 3 aliphatic heterocycles. The number of alkyl halides is 3. The fourth-order valence-corrected chi connectivity index (χ4v) is 8.77. The van der Waals surface area contributed by atoms with E-state index in [-0.39, 0.29) is 51.0 Å². The number of carbonyl (C=O) groups excluding carboxylic acids is 2. The highest BCUT2D eigenvalue weighted by Crippen LogP contribution is 2.36. The molecule has 6 rings (SSSR count). The lowest BCUT2D eigenvalue weighted by Crippen LogP contribution is -2.56. The molecule has 230 valence electrons. The van der Waals surface area contributed by atoms with Crippen LogP contribution in [-0.4, -0.2) is 76.6 Å². The molecular weight excluding hydrogens is 609 g/mol. The summed E-state index contributed by atoms with van der Waals surface area (Å²) in [5, 5.41) is 3.86. The number of hydrogen-bond acceptors (Lipinski definition) is 7. The van der Waals surface area contributed by atoms with Crippen molar-refractivity contribution in [3.63, 3.8) is 0 Å². The molecule has 0 aromatic carbocycles. The number of piperidine rings is 2. The summed E-state index contributed by atoms with van der Waals surface area (Å²) in [6, 6.07) is 7.57. The molecule has 2 saturated heterocycles. The Bertz CT molecular complexity index is 1750. The normalized spacial score (nSPS) is 22.5. The van der Waals surface area contributed by atoms with E-state index in [1.807, 2.05) is 6.07 Å². The van der Waals surface area contributed by atoms with Crippen molar-refractivity contribution in [1.29, 1.82) is 0 Å². The Hall–Kier alpha value is -3.50. The highest BCUT2D eigenvalue weighted by Gasteiger charge is 2.39. The van der Waals surface area contributed by atoms with Gasteiger partial charge < -0.3 is 14.4 Å². The van der Waals surface area contributed by atoms with Crippen LogP contribution in [0.3, 0.4) is 0 Å². The zero-order valence-electron chi connectivity index (χ0n) is 23.1. The van der Waals surface area contributed by atoms with Gasteiger partial charge in [-0.2, -0.15) is 23.0 Å². The lowest BCUT2D eigenvalue weighted by molar-refractivity contribution is -0.144. The van der Waals surface area contributed by atoms with Gasteiger partial charge in [0, 0.05) is 50.9 Å². The number of amides is 2. The van der Waals surface area contributed by atoms with Gasteiger partial charge in [-0.1, -0.05) is 6.07 Å². The summed E-state index contributed by atoms with van der Waals surface area (Å²) in [5.74, 6) is -0.569. The van der Waals surface area contributed by atoms with Gasteiger partial charge in [-0.05, 0) is 49.4 Å². The smallest absolute Gasteiger partial charge is 0.340 e. The molecule has 6 heterocycles. The Balaban J connectivity index is 1.11. The highest BCUT2D eigenvalue weighted by molar-refractivity contribution is 7.91. The second kappa shape index (κ2) is 10.9. The van der Waals surface area contributed by atoms with Gasteiger partial charge in [0.05, 0.1) is 11.4 Å². The Morgan fingerprint density at radius 2 is 1.93 bits per heavy atom. The summed E-state index contributed by atoms with van der Waals surface area (Å²) < 4.78 is 70.6. The van der Waals surface area contributed by atoms with Crippen molar-refractivity contribution in [2.45, 2.75) is 48.2 Å². The summed E-state index contributed by atoms with van der Waals surface area (Å²) >= 11 is 0.749. The van der Waals surface area contributed by atoms with Crippen LogP contribution in [0.5, 0.6) is 0 Å². The van der Waals surface area contributed by atoms with Crippen molar-refractivity contribution in [3.05, 3.63) is 58.1 Å². The number of nitrogens with zero attached hydrogens (tertiary/aromatic N) is 5. The van der Waals surface area contributed by atoms with E-state index in [0.717, 1.165) is 36.6 Å². The molecule has 0 aliphatic carbocycles. The maximum absolute atomic E-state index is 13.3. The summed E-state index contributed by atoms with van der Waals surface area (Å²) in [6.45, 7) is 1.60. The molecule has 2 amide bonds. The fourth-order valence-electron chi connectivity index (χ4n) is 6.27. The molecule has 0 radical (unpaired) electrons. The molecule has 2 bridgehead atoms. The Morgan fingerprint density at radius 3 is 2.67 bits per heavy atom. The molecule has 11 nitrogen and oxygen atoms in total. The largest absolute Gasteiger partial charge is 0.433 e. The lowest BCUT2D eigenvalue weighted by Gasteiger charge is -2.43. The minimum atomic E-state index is -4.61. The first-order valence-electron chi connectivity index (χ1n) is 13.8. The Morgan fingerprint density at radius 1 is 1.14 bits per heavy atom. The first kappa shape index (κ1) is 29.6. The molecule has 43 heavy (non-hydrogen) atoms. The van der Waals surface area contributed by atoms with Crippen LogP contribution < -0.4 is 10.3 Å². The van der Waals surface area contributed by atoms with E-state index in [1.54, 1.807) is 15.5 Å². The zero-order valence-corrected chi connectivity index (χ0v) is 24.7.